The fourth-order valence-electron chi connectivity index (χ4n) is 1.36. The molecule has 0 spiro atoms. The van der Waals surface area contributed by atoms with Gasteiger partial charge >= 0.3 is 0 Å². The van der Waals surface area contributed by atoms with Crippen LogP contribution < -0.4 is 5.73 Å². The monoisotopic (exact) mass is 177 g/mol. The molecule has 1 saturated heterocycles. The topological polar surface area (TPSA) is 73.9 Å². The molecule has 0 bridgehead atoms. The molecular weight excluding hydrogens is 162 g/mol. The summed E-state index contributed by atoms with van der Waals surface area (Å²) in [6.07, 6.45) is -2.10. The number of aliphatic hydroxyl groups excluding tert-OH is 1. The number of methoxy groups -OCH3 is 2. The summed E-state index contributed by atoms with van der Waals surface area (Å²) in [7, 11) is 3.07. The van der Waals surface area contributed by atoms with Crippen molar-refractivity contribution >= 4 is 0 Å². The molecule has 1 aliphatic rings. The maximum atomic E-state index is 9.42. The molecule has 5 heteroatoms. The molecule has 1 fully saturated rings. The van der Waals surface area contributed by atoms with Gasteiger partial charge in [-0.2, -0.15) is 0 Å². The van der Waals surface area contributed by atoms with E-state index in [9.17, 15) is 5.11 Å². The predicted molar refractivity (Wildman–Crippen MR) is 41.5 cm³/mol. The highest BCUT2D eigenvalue weighted by molar-refractivity contribution is 4.88. The van der Waals surface area contributed by atoms with Crippen LogP contribution >= 0.6 is 0 Å². The number of hydrogen-bond donors (Lipinski definition) is 2. The molecule has 1 rings (SSSR count). The van der Waals surface area contributed by atoms with Crippen LogP contribution in [-0.2, 0) is 14.2 Å². The van der Waals surface area contributed by atoms with Crippen LogP contribution in [0.3, 0.4) is 0 Å². The Morgan fingerprint density at radius 3 is 2.67 bits per heavy atom. The first-order valence-corrected chi connectivity index (χ1v) is 3.81. The standard InChI is InChI=1S/C7H15NO4/c1-10-3-4-6(11-2)5(9)7(8)12-4/h4-7,9H,3,8H2,1-2H3/t4-,5?,6?,7-/m1/s1. The second kappa shape index (κ2) is 4.15. The SMILES string of the molecule is COC[C@H]1O[C@@H](N)C(O)C1OC. The van der Waals surface area contributed by atoms with Crippen molar-refractivity contribution in [2.45, 2.75) is 24.5 Å². The summed E-state index contributed by atoms with van der Waals surface area (Å²) < 4.78 is 15.1. The van der Waals surface area contributed by atoms with Gasteiger partial charge < -0.3 is 25.1 Å². The number of nitrogens with two attached hydrogens (primary N) is 1. The van der Waals surface area contributed by atoms with Gasteiger partial charge in [0.25, 0.3) is 0 Å². The molecular formula is C7H15NO4. The minimum absolute atomic E-state index is 0.273. The minimum atomic E-state index is -0.768. The van der Waals surface area contributed by atoms with E-state index in [1.54, 1.807) is 7.11 Å². The molecule has 12 heavy (non-hydrogen) atoms. The van der Waals surface area contributed by atoms with Crippen LogP contribution in [0, 0.1) is 0 Å². The normalized spacial score (nSPS) is 42.0. The van der Waals surface area contributed by atoms with Crippen molar-refractivity contribution in [2.75, 3.05) is 20.8 Å². The summed E-state index contributed by atoms with van der Waals surface area (Å²) in [6, 6.07) is 0. The van der Waals surface area contributed by atoms with Crippen molar-refractivity contribution in [3.63, 3.8) is 0 Å². The van der Waals surface area contributed by atoms with Gasteiger partial charge in [0.1, 0.15) is 24.5 Å². The summed E-state index contributed by atoms with van der Waals surface area (Å²) in [5.74, 6) is 0. The van der Waals surface area contributed by atoms with Crippen LogP contribution in [0.15, 0.2) is 0 Å². The van der Waals surface area contributed by atoms with E-state index in [1.165, 1.54) is 7.11 Å². The third kappa shape index (κ3) is 1.75. The molecule has 0 amide bonds. The van der Waals surface area contributed by atoms with E-state index in [-0.39, 0.29) is 12.2 Å². The Labute approximate surface area is 71.4 Å². The van der Waals surface area contributed by atoms with Crippen molar-refractivity contribution in [3.05, 3.63) is 0 Å². The van der Waals surface area contributed by atoms with Gasteiger partial charge in [-0.3, -0.25) is 0 Å². The lowest BCUT2D eigenvalue weighted by molar-refractivity contribution is -0.0447. The Bertz CT molecular complexity index is 143. The Morgan fingerprint density at radius 1 is 1.50 bits per heavy atom. The molecule has 1 aliphatic heterocycles. The van der Waals surface area contributed by atoms with Gasteiger partial charge in [0.2, 0.25) is 0 Å². The zero-order valence-corrected chi connectivity index (χ0v) is 7.27. The van der Waals surface area contributed by atoms with Crippen LogP contribution in [0.4, 0.5) is 0 Å². The van der Waals surface area contributed by atoms with Gasteiger partial charge in [-0.1, -0.05) is 0 Å². The third-order valence-corrected chi connectivity index (χ3v) is 1.97. The van der Waals surface area contributed by atoms with Crippen molar-refractivity contribution in [1.29, 1.82) is 0 Å². The van der Waals surface area contributed by atoms with E-state index in [0.29, 0.717) is 6.61 Å². The van der Waals surface area contributed by atoms with E-state index in [0.717, 1.165) is 0 Å². The Morgan fingerprint density at radius 2 is 2.17 bits per heavy atom. The average Bonchev–Trinajstić information content (AvgIpc) is 2.29. The molecule has 0 radical (unpaired) electrons. The number of hydrogen-bond acceptors (Lipinski definition) is 5. The van der Waals surface area contributed by atoms with Gasteiger partial charge in [-0.15, -0.1) is 0 Å². The summed E-state index contributed by atoms with van der Waals surface area (Å²) in [4.78, 5) is 0. The Balaban J connectivity index is 2.52. The molecule has 3 N–H and O–H groups in total. The van der Waals surface area contributed by atoms with E-state index in [4.69, 9.17) is 19.9 Å². The van der Waals surface area contributed by atoms with Gasteiger partial charge in [-0.25, -0.2) is 0 Å². The molecule has 72 valence electrons. The molecule has 0 aromatic carbocycles. The van der Waals surface area contributed by atoms with E-state index < -0.39 is 12.3 Å². The lowest BCUT2D eigenvalue weighted by atomic mass is 10.1. The largest absolute Gasteiger partial charge is 0.386 e. The van der Waals surface area contributed by atoms with Crippen molar-refractivity contribution in [3.8, 4) is 0 Å². The number of aliphatic hydroxyl groups is 1. The summed E-state index contributed by atoms with van der Waals surface area (Å²) in [5.41, 5.74) is 5.46. The van der Waals surface area contributed by atoms with Crippen LogP contribution in [0.2, 0.25) is 0 Å². The minimum Gasteiger partial charge on any atom is -0.386 e. The highest BCUT2D eigenvalue weighted by atomic mass is 16.6. The predicted octanol–water partition coefficient (Wildman–Crippen LogP) is -1.31. The molecule has 0 saturated carbocycles. The van der Waals surface area contributed by atoms with Gasteiger partial charge in [0, 0.05) is 14.2 Å². The molecule has 1 heterocycles. The van der Waals surface area contributed by atoms with E-state index in [2.05, 4.69) is 0 Å². The number of ether oxygens (including phenoxy) is 3. The molecule has 2 unspecified atom stereocenters. The lowest BCUT2D eigenvalue weighted by Gasteiger charge is -2.17. The highest BCUT2D eigenvalue weighted by Crippen LogP contribution is 2.20. The fraction of sp³-hybridized carbons (Fsp3) is 1.00. The molecule has 0 aromatic rings. The molecule has 0 aliphatic carbocycles. The first kappa shape index (κ1) is 9.88. The highest BCUT2D eigenvalue weighted by Gasteiger charge is 2.41. The van der Waals surface area contributed by atoms with E-state index >= 15 is 0 Å². The second-order valence-electron chi connectivity index (χ2n) is 2.79. The van der Waals surface area contributed by atoms with Gasteiger partial charge in [0.05, 0.1) is 6.61 Å². The van der Waals surface area contributed by atoms with Crippen molar-refractivity contribution < 1.29 is 19.3 Å². The fourth-order valence-corrected chi connectivity index (χ4v) is 1.36. The van der Waals surface area contributed by atoms with Crippen molar-refractivity contribution in [1.82, 2.24) is 0 Å². The van der Waals surface area contributed by atoms with Crippen LogP contribution in [0.1, 0.15) is 0 Å². The van der Waals surface area contributed by atoms with E-state index in [1.807, 2.05) is 0 Å². The lowest BCUT2D eigenvalue weighted by Crippen LogP contribution is -2.38. The summed E-state index contributed by atoms with van der Waals surface area (Å²) in [6.45, 7) is 0.378. The van der Waals surface area contributed by atoms with Crippen LogP contribution in [0.5, 0.6) is 0 Å². The average molecular weight is 177 g/mol. The zero-order chi connectivity index (χ0) is 9.14. The first-order chi connectivity index (χ1) is 5.70. The van der Waals surface area contributed by atoms with Gasteiger partial charge in [0.15, 0.2) is 0 Å². The molecule has 0 aromatic heterocycles. The first-order valence-electron chi connectivity index (χ1n) is 3.81. The summed E-state index contributed by atoms with van der Waals surface area (Å²) in [5, 5.41) is 9.42. The van der Waals surface area contributed by atoms with Gasteiger partial charge in [-0.05, 0) is 0 Å². The number of rotatable bonds is 3. The maximum Gasteiger partial charge on any atom is 0.135 e. The van der Waals surface area contributed by atoms with Crippen molar-refractivity contribution in [2.24, 2.45) is 5.73 Å². The van der Waals surface area contributed by atoms with Crippen LogP contribution in [-0.4, -0.2) is 50.5 Å². The molecule has 5 nitrogen and oxygen atoms in total. The third-order valence-electron chi connectivity index (χ3n) is 1.97. The maximum absolute atomic E-state index is 9.42. The Kier molecular flexibility index (Phi) is 3.42. The second-order valence-corrected chi connectivity index (χ2v) is 2.79. The zero-order valence-electron chi connectivity index (χ0n) is 7.27. The van der Waals surface area contributed by atoms with Crippen LogP contribution in [0.25, 0.3) is 0 Å². The smallest absolute Gasteiger partial charge is 0.135 e. The Hall–Kier alpha value is -0.200. The molecule has 4 atom stereocenters. The summed E-state index contributed by atoms with van der Waals surface area (Å²) >= 11 is 0. The quantitative estimate of drug-likeness (QED) is 0.560.